The number of carbonyl (C=O) groups excluding carboxylic acids is 1. The van der Waals surface area contributed by atoms with Crippen LogP contribution in [0.15, 0.2) is 18.2 Å². The second-order valence-electron chi connectivity index (χ2n) is 7.57. The van der Waals surface area contributed by atoms with Gasteiger partial charge in [0.05, 0.1) is 13.0 Å². The third kappa shape index (κ3) is 3.92. The number of fused-ring (bicyclic) bond motifs is 2. The molecule has 4 heteroatoms. The Kier molecular flexibility index (Phi) is 5.44. The van der Waals surface area contributed by atoms with Gasteiger partial charge >= 0.3 is 0 Å². The first kappa shape index (κ1) is 17.3. The monoisotopic (exact) mass is 330 g/mol. The van der Waals surface area contributed by atoms with Gasteiger partial charge in [0, 0.05) is 12.1 Å². The molecule has 0 spiro atoms. The number of rotatable bonds is 5. The van der Waals surface area contributed by atoms with Gasteiger partial charge in [-0.25, -0.2) is 0 Å². The quantitative estimate of drug-likeness (QED) is 0.872. The van der Waals surface area contributed by atoms with Crippen molar-refractivity contribution in [1.82, 2.24) is 5.32 Å². The van der Waals surface area contributed by atoms with E-state index < -0.39 is 0 Å². The summed E-state index contributed by atoms with van der Waals surface area (Å²) in [6.45, 7) is 4.55. The third-order valence-corrected chi connectivity index (χ3v) is 5.85. The molecule has 2 aliphatic carbocycles. The maximum Gasteiger partial charge on any atom is 0.223 e. The molecule has 132 valence electrons. The number of amides is 1. The highest BCUT2D eigenvalue weighted by Crippen LogP contribution is 2.39. The molecule has 2 saturated carbocycles. The van der Waals surface area contributed by atoms with Gasteiger partial charge in [-0.2, -0.15) is 0 Å². The Morgan fingerprint density at radius 3 is 2.67 bits per heavy atom. The summed E-state index contributed by atoms with van der Waals surface area (Å²) < 4.78 is 5.81. The van der Waals surface area contributed by atoms with Crippen molar-refractivity contribution in [2.45, 2.75) is 64.5 Å². The average Bonchev–Trinajstić information content (AvgIpc) is 2.52. The second-order valence-corrected chi connectivity index (χ2v) is 7.57. The zero-order valence-corrected chi connectivity index (χ0v) is 14.9. The predicted molar refractivity (Wildman–Crippen MR) is 96.0 cm³/mol. The highest BCUT2D eigenvalue weighted by Gasteiger charge is 2.39. The minimum atomic E-state index is 0.109. The normalized spacial score (nSPS) is 29.1. The average molecular weight is 330 g/mol. The van der Waals surface area contributed by atoms with Gasteiger partial charge < -0.3 is 15.8 Å². The van der Waals surface area contributed by atoms with Crippen molar-refractivity contribution in [3.63, 3.8) is 0 Å². The van der Waals surface area contributed by atoms with Crippen molar-refractivity contribution >= 4 is 5.91 Å². The van der Waals surface area contributed by atoms with Crippen molar-refractivity contribution < 1.29 is 9.53 Å². The maximum atomic E-state index is 12.3. The molecule has 2 bridgehead atoms. The van der Waals surface area contributed by atoms with Crippen LogP contribution in [0.4, 0.5) is 0 Å². The molecule has 0 heterocycles. The first-order valence-electron chi connectivity index (χ1n) is 9.28. The summed E-state index contributed by atoms with van der Waals surface area (Å²) in [6.07, 6.45) is 6.21. The summed E-state index contributed by atoms with van der Waals surface area (Å²) in [6, 6.07) is 6.67. The van der Waals surface area contributed by atoms with Crippen LogP contribution in [0.2, 0.25) is 0 Å². The van der Waals surface area contributed by atoms with E-state index in [1.165, 1.54) is 24.8 Å². The Morgan fingerprint density at radius 1 is 1.25 bits per heavy atom. The third-order valence-electron chi connectivity index (χ3n) is 5.85. The van der Waals surface area contributed by atoms with E-state index in [0.717, 1.165) is 24.2 Å². The Morgan fingerprint density at radius 2 is 1.96 bits per heavy atom. The van der Waals surface area contributed by atoms with Crippen molar-refractivity contribution in [3.05, 3.63) is 29.3 Å². The summed E-state index contributed by atoms with van der Waals surface area (Å²) in [5, 5.41) is 3.28. The van der Waals surface area contributed by atoms with Crippen LogP contribution in [-0.4, -0.2) is 24.6 Å². The smallest absolute Gasteiger partial charge is 0.223 e. The molecule has 2 fully saturated rings. The van der Waals surface area contributed by atoms with E-state index in [2.05, 4.69) is 25.2 Å². The first-order chi connectivity index (χ1) is 11.5. The Balaban J connectivity index is 1.48. The molecule has 0 radical (unpaired) electrons. The van der Waals surface area contributed by atoms with Gasteiger partial charge in [0.2, 0.25) is 5.91 Å². The molecule has 3 N–H and O–H groups in total. The van der Waals surface area contributed by atoms with E-state index in [-0.39, 0.29) is 5.91 Å². The van der Waals surface area contributed by atoms with Crippen LogP contribution in [0, 0.1) is 25.7 Å². The van der Waals surface area contributed by atoms with Gasteiger partial charge in [-0.1, -0.05) is 18.6 Å². The summed E-state index contributed by atoms with van der Waals surface area (Å²) in [7, 11) is 0. The molecule has 2 aliphatic rings. The lowest BCUT2D eigenvalue weighted by molar-refractivity contribution is -0.123. The maximum absolute atomic E-state index is 12.3. The van der Waals surface area contributed by atoms with Gasteiger partial charge in [0.1, 0.15) is 5.75 Å². The standard InChI is InChI=1S/C20H30N2O2/c1-13-5-3-8-18(14(13)2)24-10-9-19(23)22-20-15-6-4-7-16(20)12-17(21)11-15/h3,5,8,15-17,20H,4,6-7,9-12,21H2,1-2H3,(H,22,23). The molecule has 1 amide bonds. The molecule has 2 unspecified atom stereocenters. The Bertz CT molecular complexity index is 573. The SMILES string of the molecule is Cc1cccc(OCCC(=O)NC2C3CCCC2CC(N)C3)c1C. The number of ether oxygens (including phenoxy) is 1. The molecular formula is C20H30N2O2. The summed E-state index contributed by atoms with van der Waals surface area (Å²) in [4.78, 5) is 12.3. The molecule has 3 rings (SSSR count). The molecule has 1 aromatic rings. The summed E-state index contributed by atoms with van der Waals surface area (Å²) in [5.74, 6) is 2.12. The first-order valence-corrected chi connectivity index (χ1v) is 9.28. The van der Waals surface area contributed by atoms with Crippen molar-refractivity contribution in [1.29, 1.82) is 0 Å². The number of hydrogen-bond acceptors (Lipinski definition) is 3. The summed E-state index contributed by atoms with van der Waals surface area (Å²) in [5.41, 5.74) is 8.51. The van der Waals surface area contributed by atoms with Crippen LogP contribution in [0.3, 0.4) is 0 Å². The topological polar surface area (TPSA) is 64.3 Å². The fourth-order valence-corrected chi connectivity index (χ4v) is 4.42. The van der Waals surface area contributed by atoms with Gasteiger partial charge in [-0.3, -0.25) is 4.79 Å². The zero-order chi connectivity index (χ0) is 17.1. The second kappa shape index (κ2) is 7.56. The zero-order valence-electron chi connectivity index (χ0n) is 14.9. The van der Waals surface area contributed by atoms with Crippen LogP contribution >= 0.6 is 0 Å². The van der Waals surface area contributed by atoms with Crippen LogP contribution in [0.25, 0.3) is 0 Å². The van der Waals surface area contributed by atoms with Crippen LogP contribution in [0.5, 0.6) is 5.75 Å². The van der Waals surface area contributed by atoms with E-state index in [0.29, 0.717) is 36.9 Å². The largest absolute Gasteiger partial charge is 0.493 e. The molecule has 1 aromatic carbocycles. The van der Waals surface area contributed by atoms with Gasteiger partial charge in [-0.05, 0) is 68.6 Å². The lowest BCUT2D eigenvalue weighted by Crippen LogP contribution is -2.53. The molecular weight excluding hydrogens is 300 g/mol. The lowest BCUT2D eigenvalue weighted by atomic mass is 9.67. The molecule has 4 nitrogen and oxygen atoms in total. The van der Waals surface area contributed by atoms with E-state index in [9.17, 15) is 4.79 Å². The molecule has 2 atom stereocenters. The van der Waals surface area contributed by atoms with Crippen molar-refractivity contribution in [2.24, 2.45) is 17.6 Å². The van der Waals surface area contributed by atoms with Gasteiger partial charge in [0.25, 0.3) is 0 Å². The fraction of sp³-hybridized carbons (Fsp3) is 0.650. The Hall–Kier alpha value is -1.55. The van der Waals surface area contributed by atoms with Crippen LogP contribution < -0.4 is 15.8 Å². The lowest BCUT2D eigenvalue weighted by Gasteiger charge is -2.45. The number of benzene rings is 1. The van der Waals surface area contributed by atoms with E-state index >= 15 is 0 Å². The number of carbonyl (C=O) groups is 1. The number of aryl methyl sites for hydroxylation is 1. The minimum absolute atomic E-state index is 0.109. The number of hydrogen-bond donors (Lipinski definition) is 2. The highest BCUT2D eigenvalue weighted by molar-refractivity contribution is 5.76. The molecule has 24 heavy (non-hydrogen) atoms. The Labute approximate surface area is 145 Å². The van der Waals surface area contributed by atoms with Gasteiger partial charge in [-0.15, -0.1) is 0 Å². The number of nitrogens with two attached hydrogens (primary N) is 1. The van der Waals surface area contributed by atoms with Crippen molar-refractivity contribution in [2.75, 3.05) is 6.61 Å². The van der Waals surface area contributed by atoms with E-state index in [1.807, 2.05) is 12.1 Å². The van der Waals surface area contributed by atoms with E-state index in [4.69, 9.17) is 10.5 Å². The predicted octanol–water partition coefficient (Wildman–Crippen LogP) is 3.09. The van der Waals surface area contributed by atoms with Crippen LogP contribution in [0.1, 0.15) is 49.7 Å². The highest BCUT2D eigenvalue weighted by atomic mass is 16.5. The van der Waals surface area contributed by atoms with Crippen LogP contribution in [-0.2, 0) is 4.79 Å². The van der Waals surface area contributed by atoms with E-state index in [1.54, 1.807) is 0 Å². The number of nitrogens with one attached hydrogen (secondary N) is 1. The summed E-state index contributed by atoms with van der Waals surface area (Å²) >= 11 is 0. The molecule has 0 aromatic heterocycles. The fourth-order valence-electron chi connectivity index (χ4n) is 4.42. The molecule has 0 saturated heterocycles. The molecule has 0 aliphatic heterocycles. The minimum Gasteiger partial charge on any atom is -0.493 e. The van der Waals surface area contributed by atoms with Gasteiger partial charge in [0.15, 0.2) is 0 Å². The van der Waals surface area contributed by atoms with Crippen molar-refractivity contribution in [3.8, 4) is 5.75 Å².